The summed E-state index contributed by atoms with van der Waals surface area (Å²) >= 11 is 0. The second-order valence-electron chi connectivity index (χ2n) is 9.70. The van der Waals surface area contributed by atoms with E-state index in [1.165, 1.54) is 0 Å². The molecule has 1 saturated heterocycles. The van der Waals surface area contributed by atoms with Gasteiger partial charge in [-0.1, -0.05) is 57.5 Å². The number of nitrogens with one attached hydrogen (secondary N) is 3. The van der Waals surface area contributed by atoms with E-state index < -0.39 is 12.1 Å². The maximum Gasteiger partial charge on any atom is 0.251 e. The zero-order valence-electron chi connectivity index (χ0n) is 21.2. The highest BCUT2D eigenvalue weighted by atomic mass is 16.5. The number of guanidine groups is 1. The average Bonchev–Trinajstić information content (AvgIpc) is 2.89. The largest absolute Gasteiger partial charge is 0.490 e. The lowest BCUT2D eigenvalue weighted by Gasteiger charge is -2.45. The molecular weight excluding hydrogens is 456 g/mol. The Kier molecular flexibility index (Phi) is 7.64. The summed E-state index contributed by atoms with van der Waals surface area (Å²) in [6.45, 7) is 6.21. The van der Waals surface area contributed by atoms with Crippen LogP contribution in [0, 0.1) is 5.41 Å². The molecule has 1 fully saturated rings. The number of fused-ring (bicyclic) bond motifs is 1. The van der Waals surface area contributed by atoms with Crippen molar-refractivity contribution in [3.63, 3.8) is 0 Å². The van der Waals surface area contributed by atoms with Crippen LogP contribution in [0.4, 0.5) is 0 Å². The van der Waals surface area contributed by atoms with E-state index in [4.69, 9.17) is 10.1 Å². The first-order chi connectivity index (χ1) is 17.3. The van der Waals surface area contributed by atoms with Crippen LogP contribution < -0.4 is 15.4 Å². The zero-order valence-corrected chi connectivity index (χ0v) is 21.2. The molecule has 0 aliphatic carbocycles. The molecule has 192 valence electrons. The molecule has 2 aromatic rings. The minimum atomic E-state index is -0.866. The number of amides is 2. The molecule has 2 aromatic carbocycles. The molecule has 2 amide bonds. The van der Waals surface area contributed by atoms with Gasteiger partial charge in [0.2, 0.25) is 5.91 Å². The van der Waals surface area contributed by atoms with Crippen LogP contribution in [-0.4, -0.2) is 46.0 Å². The van der Waals surface area contributed by atoms with Crippen LogP contribution in [0.3, 0.4) is 0 Å². The fourth-order valence-corrected chi connectivity index (χ4v) is 5.21. The molecule has 0 radical (unpaired) electrons. The van der Waals surface area contributed by atoms with E-state index in [0.717, 1.165) is 30.4 Å². The first-order valence-electron chi connectivity index (χ1n) is 12.8. The summed E-state index contributed by atoms with van der Waals surface area (Å²) in [5, 5.41) is 25.4. The van der Waals surface area contributed by atoms with Crippen molar-refractivity contribution in [2.45, 2.75) is 76.6 Å². The standard InChI is InChI=1S/C28H36N4O4/c1-4-10-21(32-24(34)16-28(5-2,6-3)31-27(32)29)18-11-9-12-19(15-18)26(35)30-25-20-13-7-8-14-23(20)36-17-22(25)33/h7-9,11-15,21-22,25,33H,4-6,10,16-17H2,1-3H3,(H2,29,31)(H,30,35)/t21-,22?,25-/m1/s1. The maximum absolute atomic E-state index is 13.3. The van der Waals surface area contributed by atoms with Crippen LogP contribution in [-0.2, 0) is 4.79 Å². The van der Waals surface area contributed by atoms with Gasteiger partial charge in [-0.2, -0.15) is 0 Å². The van der Waals surface area contributed by atoms with E-state index in [1.54, 1.807) is 23.1 Å². The Morgan fingerprint density at radius 2 is 1.97 bits per heavy atom. The Morgan fingerprint density at radius 3 is 2.67 bits per heavy atom. The number of carbonyl (C=O) groups is 2. The molecule has 4 rings (SSSR count). The van der Waals surface area contributed by atoms with Crippen molar-refractivity contribution in [3.8, 4) is 5.75 Å². The fourth-order valence-electron chi connectivity index (χ4n) is 5.21. The highest BCUT2D eigenvalue weighted by Crippen LogP contribution is 2.34. The Labute approximate surface area is 212 Å². The minimum Gasteiger partial charge on any atom is -0.490 e. The molecule has 3 atom stereocenters. The van der Waals surface area contributed by atoms with Gasteiger partial charge < -0.3 is 20.5 Å². The van der Waals surface area contributed by atoms with Gasteiger partial charge in [0.15, 0.2) is 5.96 Å². The van der Waals surface area contributed by atoms with Crippen LogP contribution >= 0.6 is 0 Å². The topological polar surface area (TPSA) is 115 Å². The van der Waals surface area contributed by atoms with Gasteiger partial charge >= 0.3 is 0 Å². The number of nitrogens with zero attached hydrogens (tertiary/aromatic N) is 1. The van der Waals surface area contributed by atoms with Crippen LogP contribution in [0.15, 0.2) is 48.5 Å². The summed E-state index contributed by atoms with van der Waals surface area (Å²) < 4.78 is 5.58. The van der Waals surface area contributed by atoms with Gasteiger partial charge in [0.05, 0.1) is 18.5 Å². The van der Waals surface area contributed by atoms with Gasteiger partial charge in [-0.15, -0.1) is 0 Å². The van der Waals surface area contributed by atoms with Gasteiger partial charge in [0.25, 0.3) is 5.91 Å². The van der Waals surface area contributed by atoms with Crippen molar-refractivity contribution in [2.75, 3.05) is 6.61 Å². The molecule has 8 nitrogen and oxygen atoms in total. The summed E-state index contributed by atoms with van der Waals surface area (Å²) in [7, 11) is 0. The molecule has 4 N–H and O–H groups in total. The molecule has 1 unspecified atom stereocenters. The maximum atomic E-state index is 13.3. The Hall–Kier alpha value is -3.39. The third kappa shape index (κ3) is 4.95. The highest BCUT2D eigenvalue weighted by Gasteiger charge is 2.42. The molecule has 0 bridgehead atoms. The Bertz CT molecular complexity index is 1110. The SMILES string of the molecule is CCC[C@H](c1cccc(C(=O)N[C@@H]2c3ccccc3OCC2O)c1)N1C(=N)NC(CC)(CC)CC1=O. The quantitative estimate of drug-likeness (QED) is 0.444. The molecule has 0 aromatic heterocycles. The zero-order chi connectivity index (χ0) is 25.9. The van der Waals surface area contributed by atoms with Crippen molar-refractivity contribution in [2.24, 2.45) is 0 Å². The first-order valence-corrected chi connectivity index (χ1v) is 12.8. The number of hydrogen-bond donors (Lipinski definition) is 4. The predicted octanol–water partition coefficient (Wildman–Crippen LogP) is 4.07. The van der Waals surface area contributed by atoms with Gasteiger partial charge in [-0.3, -0.25) is 19.9 Å². The number of ether oxygens (including phenoxy) is 1. The third-order valence-corrected chi connectivity index (χ3v) is 7.48. The number of benzene rings is 2. The van der Waals surface area contributed by atoms with Crippen molar-refractivity contribution >= 4 is 17.8 Å². The first kappa shape index (κ1) is 25.7. The van der Waals surface area contributed by atoms with E-state index in [2.05, 4.69) is 10.6 Å². The van der Waals surface area contributed by atoms with Crippen molar-refractivity contribution in [3.05, 3.63) is 65.2 Å². The molecular formula is C28H36N4O4. The lowest BCUT2D eigenvalue weighted by atomic mass is 9.85. The van der Waals surface area contributed by atoms with E-state index in [9.17, 15) is 14.7 Å². The number of rotatable bonds is 8. The van der Waals surface area contributed by atoms with E-state index in [0.29, 0.717) is 24.2 Å². The lowest BCUT2D eigenvalue weighted by Crippen LogP contribution is -2.62. The molecule has 0 saturated carbocycles. The lowest BCUT2D eigenvalue weighted by molar-refractivity contribution is -0.132. The van der Waals surface area contributed by atoms with Crippen LogP contribution in [0.25, 0.3) is 0 Å². The summed E-state index contributed by atoms with van der Waals surface area (Å²) in [6.07, 6.45) is 2.48. The van der Waals surface area contributed by atoms with Gasteiger partial charge in [0.1, 0.15) is 18.5 Å². The Morgan fingerprint density at radius 1 is 1.22 bits per heavy atom. The molecule has 36 heavy (non-hydrogen) atoms. The molecule has 2 heterocycles. The van der Waals surface area contributed by atoms with Crippen LogP contribution in [0.2, 0.25) is 0 Å². The van der Waals surface area contributed by atoms with Gasteiger partial charge in [0, 0.05) is 16.7 Å². The predicted molar refractivity (Wildman–Crippen MR) is 138 cm³/mol. The number of aliphatic hydroxyl groups excluding tert-OH is 1. The monoisotopic (exact) mass is 492 g/mol. The third-order valence-electron chi connectivity index (χ3n) is 7.48. The van der Waals surface area contributed by atoms with Crippen molar-refractivity contribution in [1.29, 1.82) is 5.41 Å². The fraction of sp³-hybridized carbons (Fsp3) is 0.464. The van der Waals surface area contributed by atoms with Crippen molar-refractivity contribution in [1.82, 2.24) is 15.5 Å². The molecule has 2 aliphatic heterocycles. The average molecular weight is 493 g/mol. The summed E-state index contributed by atoms with van der Waals surface area (Å²) in [5.41, 5.74) is 1.59. The van der Waals surface area contributed by atoms with Crippen molar-refractivity contribution < 1.29 is 19.4 Å². The minimum absolute atomic E-state index is 0.0716. The van der Waals surface area contributed by atoms with E-state index in [1.807, 2.05) is 51.1 Å². The summed E-state index contributed by atoms with van der Waals surface area (Å²) in [5.74, 6) is 0.375. The number of hydrogen-bond acceptors (Lipinski definition) is 5. The number of aliphatic hydroxyl groups is 1. The summed E-state index contributed by atoms with van der Waals surface area (Å²) in [6, 6.07) is 13.6. The molecule has 2 aliphatic rings. The second-order valence-corrected chi connectivity index (χ2v) is 9.70. The number of carbonyl (C=O) groups excluding carboxylic acids is 2. The van der Waals surface area contributed by atoms with Crippen LogP contribution in [0.1, 0.15) is 86.4 Å². The highest BCUT2D eigenvalue weighted by molar-refractivity contribution is 6.00. The normalized spacial score (nSPS) is 21.7. The van der Waals surface area contributed by atoms with Gasteiger partial charge in [-0.05, 0) is 43.0 Å². The van der Waals surface area contributed by atoms with Crippen LogP contribution in [0.5, 0.6) is 5.75 Å². The summed E-state index contributed by atoms with van der Waals surface area (Å²) in [4.78, 5) is 28.1. The smallest absolute Gasteiger partial charge is 0.251 e. The van der Waals surface area contributed by atoms with Gasteiger partial charge in [-0.25, -0.2) is 0 Å². The van der Waals surface area contributed by atoms with E-state index >= 15 is 0 Å². The Balaban J connectivity index is 1.58. The van der Waals surface area contributed by atoms with E-state index in [-0.39, 0.29) is 36.0 Å². The number of para-hydroxylation sites is 1. The second kappa shape index (κ2) is 10.7. The molecule has 8 heteroatoms. The molecule has 0 spiro atoms.